The predicted octanol–water partition coefficient (Wildman–Crippen LogP) is 1.92. The Kier molecular flexibility index (Phi) is 3.58. The van der Waals surface area contributed by atoms with Gasteiger partial charge in [0.15, 0.2) is 0 Å². The Morgan fingerprint density at radius 2 is 2.29 bits per heavy atom. The van der Waals surface area contributed by atoms with E-state index in [1.54, 1.807) is 6.07 Å². The number of hydrogen-bond donors (Lipinski definition) is 2. The zero-order chi connectivity index (χ0) is 12.6. The van der Waals surface area contributed by atoms with Crippen molar-refractivity contribution in [3.05, 3.63) is 32.8 Å². The first-order valence-electron chi connectivity index (χ1n) is 5.06. The van der Waals surface area contributed by atoms with Gasteiger partial charge in [0.05, 0.1) is 22.7 Å². The topological polar surface area (TPSA) is 58.6 Å². The summed E-state index contributed by atoms with van der Waals surface area (Å²) in [5.74, 6) is -0.573. The molecule has 17 heavy (non-hydrogen) atoms. The van der Waals surface area contributed by atoms with Crippen LogP contribution in [0.1, 0.15) is 27.7 Å². The Morgan fingerprint density at radius 3 is 2.94 bits per heavy atom. The van der Waals surface area contributed by atoms with Crippen LogP contribution in [-0.4, -0.2) is 24.7 Å². The number of carbonyl (C=O) groups excluding carboxylic acids is 1. The lowest BCUT2D eigenvalue weighted by molar-refractivity contribution is 0.0600. The summed E-state index contributed by atoms with van der Waals surface area (Å²) in [5, 5.41) is 13.1. The van der Waals surface area contributed by atoms with Gasteiger partial charge in [-0.3, -0.25) is 5.32 Å². The minimum atomic E-state index is -0.805. The van der Waals surface area contributed by atoms with Gasteiger partial charge in [0, 0.05) is 12.1 Å². The van der Waals surface area contributed by atoms with E-state index in [9.17, 15) is 9.90 Å². The molecule has 2 rings (SSSR count). The van der Waals surface area contributed by atoms with Crippen LogP contribution in [0.15, 0.2) is 6.07 Å². The van der Waals surface area contributed by atoms with Crippen molar-refractivity contribution in [2.75, 3.05) is 13.7 Å². The summed E-state index contributed by atoms with van der Waals surface area (Å²) in [7, 11) is 1.27. The third-order valence-corrected chi connectivity index (χ3v) is 3.47. The molecular weight excluding hydrogens is 265 g/mol. The van der Waals surface area contributed by atoms with Crippen LogP contribution in [0.5, 0.6) is 0 Å². The molecule has 1 aromatic carbocycles. The molecule has 6 heteroatoms. The highest BCUT2D eigenvalue weighted by atomic mass is 35.5. The van der Waals surface area contributed by atoms with Crippen molar-refractivity contribution in [1.82, 2.24) is 5.32 Å². The highest BCUT2D eigenvalue weighted by molar-refractivity contribution is 6.40. The summed E-state index contributed by atoms with van der Waals surface area (Å²) < 4.78 is 4.63. The lowest BCUT2D eigenvalue weighted by Crippen LogP contribution is -2.30. The van der Waals surface area contributed by atoms with Crippen LogP contribution in [0.2, 0.25) is 10.0 Å². The van der Waals surface area contributed by atoms with Gasteiger partial charge in [0.1, 0.15) is 6.23 Å². The maximum atomic E-state index is 11.6. The second-order valence-electron chi connectivity index (χ2n) is 3.71. The van der Waals surface area contributed by atoms with E-state index in [-0.39, 0.29) is 15.6 Å². The Morgan fingerprint density at radius 1 is 1.59 bits per heavy atom. The number of ether oxygens (including phenoxy) is 1. The van der Waals surface area contributed by atoms with Crippen molar-refractivity contribution in [2.45, 2.75) is 12.6 Å². The third-order valence-electron chi connectivity index (χ3n) is 2.75. The van der Waals surface area contributed by atoms with Crippen LogP contribution >= 0.6 is 23.2 Å². The Bertz CT molecular complexity index is 476. The van der Waals surface area contributed by atoms with Gasteiger partial charge < -0.3 is 9.84 Å². The standard InChI is InChI=1S/C11H11Cl2NO3/c1-17-11(16)8-7(12)4-6-5(9(8)13)2-3-14-10(6)15/h4,10,14-15H,2-3H2,1H3. The first-order chi connectivity index (χ1) is 8.06. The molecule has 0 radical (unpaired) electrons. The van der Waals surface area contributed by atoms with Crippen LogP contribution in [0.3, 0.4) is 0 Å². The van der Waals surface area contributed by atoms with Crippen LogP contribution in [0, 0.1) is 0 Å². The van der Waals surface area contributed by atoms with E-state index < -0.39 is 12.2 Å². The monoisotopic (exact) mass is 275 g/mol. The third kappa shape index (κ3) is 2.13. The molecular formula is C11H11Cl2NO3. The average Bonchev–Trinajstić information content (AvgIpc) is 2.30. The SMILES string of the molecule is COC(=O)c1c(Cl)cc2c(c1Cl)CCNC2O. The quantitative estimate of drug-likeness (QED) is 0.769. The molecule has 0 spiro atoms. The van der Waals surface area contributed by atoms with Crippen LogP contribution in [0.4, 0.5) is 0 Å². The maximum absolute atomic E-state index is 11.6. The van der Waals surface area contributed by atoms with E-state index in [4.69, 9.17) is 23.2 Å². The van der Waals surface area contributed by atoms with Crippen molar-refractivity contribution in [2.24, 2.45) is 0 Å². The summed E-state index contributed by atoms with van der Waals surface area (Å²) in [6.45, 7) is 0.593. The second kappa shape index (κ2) is 4.82. The normalized spacial score (nSPS) is 18.7. The Labute approximate surface area is 108 Å². The Hall–Kier alpha value is -0.810. The number of aliphatic hydroxyl groups is 1. The van der Waals surface area contributed by atoms with Crippen molar-refractivity contribution < 1.29 is 14.6 Å². The van der Waals surface area contributed by atoms with E-state index >= 15 is 0 Å². The summed E-state index contributed by atoms with van der Waals surface area (Å²) in [6.07, 6.45) is -0.174. The zero-order valence-corrected chi connectivity index (χ0v) is 10.6. The number of methoxy groups -OCH3 is 1. The van der Waals surface area contributed by atoms with E-state index in [0.29, 0.717) is 18.5 Å². The predicted molar refractivity (Wildman–Crippen MR) is 64.5 cm³/mol. The zero-order valence-electron chi connectivity index (χ0n) is 9.09. The second-order valence-corrected chi connectivity index (χ2v) is 4.50. The molecule has 0 bridgehead atoms. The first-order valence-corrected chi connectivity index (χ1v) is 5.82. The van der Waals surface area contributed by atoms with E-state index in [1.807, 2.05) is 0 Å². The molecule has 2 N–H and O–H groups in total. The van der Waals surface area contributed by atoms with Crippen molar-refractivity contribution in [3.8, 4) is 0 Å². The molecule has 0 saturated heterocycles. The largest absolute Gasteiger partial charge is 0.465 e. The van der Waals surface area contributed by atoms with Gasteiger partial charge in [0.2, 0.25) is 0 Å². The number of esters is 1. The molecule has 1 unspecified atom stereocenters. The number of aliphatic hydroxyl groups excluding tert-OH is 1. The van der Waals surface area contributed by atoms with Gasteiger partial charge in [-0.05, 0) is 18.1 Å². The van der Waals surface area contributed by atoms with E-state index in [1.165, 1.54) is 7.11 Å². The van der Waals surface area contributed by atoms with Crippen LogP contribution < -0.4 is 5.32 Å². The number of fused-ring (bicyclic) bond motifs is 1. The molecule has 0 aliphatic carbocycles. The molecule has 1 heterocycles. The number of nitrogens with one attached hydrogen (secondary N) is 1. The number of halogens is 2. The van der Waals surface area contributed by atoms with Gasteiger partial charge >= 0.3 is 5.97 Å². The summed E-state index contributed by atoms with van der Waals surface area (Å²) in [6, 6.07) is 1.55. The van der Waals surface area contributed by atoms with E-state index in [2.05, 4.69) is 10.1 Å². The highest BCUT2D eigenvalue weighted by Gasteiger charge is 2.26. The minimum Gasteiger partial charge on any atom is -0.465 e. The fraction of sp³-hybridized carbons (Fsp3) is 0.364. The average molecular weight is 276 g/mol. The molecule has 4 nitrogen and oxygen atoms in total. The molecule has 1 aromatic rings. The molecule has 0 amide bonds. The highest BCUT2D eigenvalue weighted by Crippen LogP contribution is 2.35. The van der Waals surface area contributed by atoms with Gasteiger partial charge in [0.25, 0.3) is 0 Å². The molecule has 0 saturated carbocycles. The first kappa shape index (κ1) is 12.6. The summed E-state index contributed by atoms with van der Waals surface area (Å²) >= 11 is 12.1. The Balaban J connectivity index is 2.62. The number of benzene rings is 1. The molecule has 0 fully saturated rings. The lowest BCUT2D eigenvalue weighted by Gasteiger charge is -2.25. The van der Waals surface area contributed by atoms with E-state index in [0.717, 1.165) is 5.56 Å². The molecule has 92 valence electrons. The van der Waals surface area contributed by atoms with Gasteiger partial charge in [-0.25, -0.2) is 4.79 Å². The number of carbonyl (C=O) groups is 1. The van der Waals surface area contributed by atoms with Gasteiger partial charge in [-0.2, -0.15) is 0 Å². The van der Waals surface area contributed by atoms with Crippen molar-refractivity contribution in [3.63, 3.8) is 0 Å². The number of rotatable bonds is 1. The van der Waals surface area contributed by atoms with Crippen molar-refractivity contribution in [1.29, 1.82) is 0 Å². The lowest BCUT2D eigenvalue weighted by atomic mass is 9.97. The summed E-state index contributed by atoms with van der Waals surface area (Å²) in [5.41, 5.74) is 1.50. The summed E-state index contributed by atoms with van der Waals surface area (Å²) in [4.78, 5) is 11.6. The smallest absolute Gasteiger partial charge is 0.340 e. The van der Waals surface area contributed by atoms with Crippen LogP contribution in [-0.2, 0) is 11.2 Å². The minimum absolute atomic E-state index is 0.156. The van der Waals surface area contributed by atoms with Gasteiger partial charge in [-0.1, -0.05) is 23.2 Å². The molecule has 0 aromatic heterocycles. The van der Waals surface area contributed by atoms with Gasteiger partial charge in [-0.15, -0.1) is 0 Å². The fourth-order valence-electron chi connectivity index (χ4n) is 1.91. The molecule has 1 atom stereocenters. The molecule has 1 aliphatic rings. The maximum Gasteiger partial charge on any atom is 0.340 e. The number of hydrogen-bond acceptors (Lipinski definition) is 4. The van der Waals surface area contributed by atoms with Crippen LogP contribution in [0.25, 0.3) is 0 Å². The molecule has 1 aliphatic heterocycles. The fourth-order valence-corrected chi connectivity index (χ4v) is 2.63. The van der Waals surface area contributed by atoms with Crippen molar-refractivity contribution >= 4 is 29.2 Å².